The number of esters is 1. The molecule has 5 nitrogen and oxygen atoms in total. The molecule has 26 heavy (non-hydrogen) atoms. The summed E-state index contributed by atoms with van der Waals surface area (Å²) in [5.74, 6) is -2.50. The van der Waals surface area contributed by atoms with Crippen molar-refractivity contribution in [1.29, 1.82) is 0 Å². The molecule has 0 fully saturated rings. The van der Waals surface area contributed by atoms with Crippen LogP contribution in [0.5, 0.6) is 0 Å². The lowest BCUT2D eigenvalue weighted by molar-refractivity contribution is -0.148. The second kappa shape index (κ2) is 7.61. The first-order valence-electron chi connectivity index (χ1n) is 8.11. The summed E-state index contributed by atoms with van der Waals surface area (Å²) in [4.78, 5) is 26.1. The van der Waals surface area contributed by atoms with Crippen LogP contribution in [0, 0.1) is 11.6 Å². The molecule has 0 saturated heterocycles. The van der Waals surface area contributed by atoms with Gasteiger partial charge in [0, 0.05) is 12.6 Å². The normalized spacial score (nSPS) is 16.7. The first kappa shape index (κ1) is 18.0. The van der Waals surface area contributed by atoms with Gasteiger partial charge in [0.05, 0.1) is 19.3 Å². The third-order valence-electron chi connectivity index (χ3n) is 4.37. The van der Waals surface area contributed by atoms with Crippen LogP contribution in [0.25, 0.3) is 0 Å². The predicted molar refractivity (Wildman–Crippen MR) is 91.3 cm³/mol. The summed E-state index contributed by atoms with van der Waals surface area (Å²) in [6.07, 6.45) is 0.432. The summed E-state index contributed by atoms with van der Waals surface area (Å²) in [5.41, 5.74) is 1.95. The molecule has 136 valence electrons. The minimum atomic E-state index is -0.855. The van der Waals surface area contributed by atoms with Gasteiger partial charge in [-0.2, -0.15) is 0 Å². The van der Waals surface area contributed by atoms with E-state index in [0.717, 1.165) is 23.3 Å². The van der Waals surface area contributed by atoms with Gasteiger partial charge >= 0.3 is 5.97 Å². The van der Waals surface area contributed by atoms with E-state index in [1.165, 1.54) is 7.11 Å². The highest BCUT2D eigenvalue weighted by Gasteiger charge is 2.33. The van der Waals surface area contributed by atoms with E-state index in [1.54, 1.807) is 4.90 Å². The predicted octanol–water partition coefficient (Wildman–Crippen LogP) is 2.50. The average molecular weight is 360 g/mol. The van der Waals surface area contributed by atoms with Gasteiger partial charge in [0.2, 0.25) is 5.91 Å². The Balaban J connectivity index is 1.75. The SMILES string of the molecule is COC(=O)[C@H]1Cc2ccccc2CN1CC(=O)Nc1ccc(F)cc1F. The van der Waals surface area contributed by atoms with E-state index in [4.69, 9.17) is 4.74 Å². The highest BCUT2D eigenvalue weighted by atomic mass is 19.1. The fourth-order valence-electron chi connectivity index (χ4n) is 3.08. The van der Waals surface area contributed by atoms with E-state index in [9.17, 15) is 18.4 Å². The molecular formula is C19H18F2N2O3. The number of nitrogens with zero attached hydrogens (tertiary/aromatic N) is 1. The van der Waals surface area contributed by atoms with Crippen molar-refractivity contribution < 1.29 is 23.1 Å². The second-order valence-corrected chi connectivity index (χ2v) is 6.09. The maximum absolute atomic E-state index is 13.7. The lowest BCUT2D eigenvalue weighted by Gasteiger charge is -2.34. The number of halogens is 2. The Bertz CT molecular complexity index is 841. The zero-order valence-electron chi connectivity index (χ0n) is 14.2. The number of carbonyl (C=O) groups is 2. The zero-order valence-corrected chi connectivity index (χ0v) is 14.2. The van der Waals surface area contributed by atoms with Crippen LogP contribution in [0.15, 0.2) is 42.5 Å². The van der Waals surface area contributed by atoms with E-state index in [-0.39, 0.29) is 12.2 Å². The number of nitrogens with one attached hydrogen (secondary N) is 1. The van der Waals surface area contributed by atoms with Crippen LogP contribution in [0.1, 0.15) is 11.1 Å². The summed E-state index contributed by atoms with van der Waals surface area (Å²) in [5, 5.41) is 2.41. The van der Waals surface area contributed by atoms with Gasteiger partial charge in [0.15, 0.2) is 0 Å². The molecule has 1 aliphatic rings. The molecule has 0 saturated carbocycles. The fourth-order valence-corrected chi connectivity index (χ4v) is 3.08. The van der Waals surface area contributed by atoms with Crippen LogP contribution >= 0.6 is 0 Å². The molecule has 1 N–H and O–H groups in total. The molecule has 0 bridgehead atoms. The van der Waals surface area contributed by atoms with Crippen molar-refractivity contribution in [3.63, 3.8) is 0 Å². The van der Waals surface area contributed by atoms with Crippen LogP contribution in [0.4, 0.5) is 14.5 Å². The highest BCUT2D eigenvalue weighted by molar-refractivity contribution is 5.92. The van der Waals surface area contributed by atoms with Crippen molar-refractivity contribution in [2.75, 3.05) is 19.0 Å². The van der Waals surface area contributed by atoms with Gasteiger partial charge in [-0.25, -0.2) is 8.78 Å². The van der Waals surface area contributed by atoms with Gasteiger partial charge in [-0.1, -0.05) is 24.3 Å². The Morgan fingerprint density at radius 3 is 2.62 bits per heavy atom. The van der Waals surface area contributed by atoms with E-state index >= 15 is 0 Å². The molecule has 2 aromatic carbocycles. The number of hydrogen-bond acceptors (Lipinski definition) is 4. The number of carbonyl (C=O) groups excluding carboxylic acids is 2. The number of rotatable bonds is 4. The van der Waals surface area contributed by atoms with Crippen molar-refractivity contribution in [2.45, 2.75) is 19.0 Å². The number of methoxy groups -OCH3 is 1. The highest BCUT2D eigenvalue weighted by Crippen LogP contribution is 2.24. The van der Waals surface area contributed by atoms with Gasteiger partial charge < -0.3 is 10.1 Å². The Labute approximate surface area is 149 Å². The fraction of sp³-hybridized carbons (Fsp3) is 0.263. The number of anilines is 1. The Kier molecular flexibility index (Phi) is 5.27. The van der Waals surface area contributed by atoms with Crippen LogP contribution in [0.3, 0.4) is 0 Å². The first-order valence-corrected chi connectivity index (χ1v) is 8.11. The van der Waals surface area contributed by atoms with Crippen LogP contribution in [-0.4, -0.2) is 36.5 Å². The maximum atomic E-state index is 13.7. The molecule has 1 amide bonds. The van der Waals surface area contributed by atoms with Crippen LogP contribution in [-0.2, 0) is 27.3 Å². The van der Waals surface area contributed by atoms with Crippen LogP contribution < -0.4 is 5.32 Å². The Hall–Kier alpha value is -2.80. The first-order chi connectivity index (χ1) is 12.5. The molecule has 0 radical (unpaired) electrons. The summed E-state index contributed by atoms with van der Waals surface area (Å²) in [6.45, 7) is 0.278. The maximum Gasteiger partial charge on any atom is 0.323 e. The molecule has 3 rings (SSSR count). The quantitative estimate of drug-likeness (QED) is 0.852. The monoisotopic (exact) mass is 360 g/mol. The molecule has 2 aromatic rings. The minimum Gasteiger partial charge on any atom is -0.468 e. The van der Waals surface area contributed by atoms with Gasteiger partial charge in [-0.3, -0.25) is 14.5 Å². The molecule has 0 aliphatic carbocycles. The molecular weight excluding hydrogens is 342 g/mol. The van der Waals surface area contributed by atoms with E-state index in [1.807, 2.05) is 24.3 Å². The van der Waals surface area contributed by atoms with E-state index < -0.39 is 29.6 Å². The lowest BCUT2D eigenvalue weighted by atomic mass is 9.94. The number of fused-ring (bicyclic) bond motifs is 1. The average Bonchev–Trinajstić information content (AvgIpc) is 2.63. The number of benzene rings is 2. The van der Waals surface area contributed by atoms with Crippen molar-refractivity contribution in [3.8, 4) is 0 Å². The second-order valence-electron chi connectivity index (χ2n) is 6.09. The smallest absolute Gasteiger partial charge is 0.323 e. The minimum absolute atomic E-state index is 0.108. The summed E-state index contributed by atoms with van der Waals surface area (Å²) < 4.78 is 31.5. The topological polar surface area (TPSA) is 58.6 Å². The largest absolute Gasteiger partial charge is 0.468 e. The third kappa shape index (κ3) is 3.88. The molecule has 0 aromatic heterocycles. The van der Waals surface area contributed by atoms with Crippen LogP contribution in [0.2, 0.25) is 0 Å². The van der Waals surface area contributed by atoms with Gasteiger partial charge in [-0.05, 0) is 29.7 Å². The van der Waals surface area contributed by atoms with E-state index in [0.29, 0.717) is 19.0 Å². The van der Waals surface area contributed by atoms with Crippen molar-refractivity contribution in [3.05, 3.63) is 65.2 Å². The summed E-state index contributed by atoms with van der Waals surface area (Å²) >= 11 is 0. The summed E-state index contributed by atoms with van der Waals surface area (Å²) in [6, 6.07) is 9.99. The van der Waals surface area contributed by atoms with Crippen molar-refractivity contribution in [1.82, 2.24) is 4.90 Å². The van der Waals surface area contributed by atoms with Gasteiger partial charge in [0.25, 0.3) is 0 Å². The number of amides is 1. The van der Waals surface area contributed by atoms with E-state index in [2.05, 4.69) is 5.32 Å². The molecule has 1 heterocycles. The number of hydrogen-bond donors (Lipinski definition) is 1. The van der Waals surface area contributed by atoms with Crippen molar-refractivity contribution in [2.24, 2.45) is 0 Å². The lowest BCUT2D eigenvalue weighted by Crippen LogP contribution is -2.49. The molecule has 1 aliphatic heterocycles. The molecule has 0 spiro atoms. The number of ether oxygens (including phenoxy) is 1. The Morgan fingerprint density at radius 1 is 1.19 bits per heavy atom. The molecule has 1 atom stereocenters. The molecule has 7 heteroatoms. The van der Waals surface area contributed by atoms with Gasteiger partial charge in [-0.15, -0.1) is 0 Å². The van der Waals surface area contributed by atoms with Gasteiger partial charge in [0.1, 0.15) is 17.7 Å². The molecule has 0 unspecified atom stereocenters. The Morgan fingerprint density at radius 2 is 1.92 bits per heavy atom. The third-order valence-corrected chi connectivity index (χ3v) is 4.37. The standard InChI is InChI=1S/C19H18F2N2O3/c1-26-19(25)17-8-12-4-2-3-5-13(12)10-23(17)11-18(24)22-16-7-6-14(20)9-15(16)21/h2-7,9,17H,8,10-11H2,1H3,(H,22,24)/t17-/m1/s1. The van der Waals surface area contributed by atoms with Crippen molar-refractivity contribution >= 4 is 17.6 Å². The summed E-state index contributed by atoms with van der Waals surface area (Å²) in [7, 11) is 1.30. The zero-order chi connectivity index (χ0) is 18.7.